The molecule has 1 fully saturated rings. The number of nitrogens with zero attached hydrogens (tertiary/aromatic N) is 1. The zero-order valence-electron chi connectivity index (χ0n) is 10.6. The van der Waals surface area contributed by atoms with Crippen molar-refractivity contribution in [2.75, 3.05) is 13.7 Å². The molecule has 9 heteroatoms. The molecule has 110 valence electrons. The number of carboxylic acid groups (broad SMARTS) is 1. The quantitative estimate of drug-likeness (QED) is 0.823. The van der Waals surface area contributed by atoms with E-state index in [9.17, 15) is 18.0 Å². The second-order valence-electron chi connectivity index (χ2n) is 4.26. The summed E-state index contributed by atoms with van der Waals surface area (Å²) >= 11 is 0.877. The van der Waals surface area contributed by atoms with Crippen LogP contribution in [0, 0.1) is 0 Å². The van der Waals surface area contributed by atoms with Crippen LogP contribution in [0.5, 0.6) is 0 Å². The number of carbonyl (C=O) groups is 2. The average molecular weight is 319 g/mol. The minimum Gasteiger partial charge on any atom is -0.480 e. The van der Waals surface area contributed by atoms with Gasteiger partial charge in [-0.2, -0.15) is 4.31 Å². The summed E-state index contributed by atoms with van der Waals surface area (Å²) in [5, 5.41) is 10.4. The number of aliphatic carboxylic acids is 1. The lowest BCUT2D eigenvalue weighted by Crippen LogP contribution is -2.40. The van der Waals surface area contributed by atoms with Crippen LogP contribution in [-0.2, 0) is 19.6 Å². The normalized spacial score (nSPS) is 19.9. The Morgan fingerprint density at radius 1 is 1.50 bits per heavy atom. The van der Waals surface area contributed by atoms with Gasteiger partial charge in [0.2, 0.25) is 0 Å². The molecule has 1 aliphatic rings. The fraction of sp³-hybridized carbons (Fsp3) is 0.455. The van der Waals surface area contributed by atoms with Gasteiger partial charge >= 0.3 is 11.9 Å². The summed E-state index contributed by atoms with van der Waals surface area (Å²) in [6, 6.07) is 0.173. The van der Waals surface area contributed by atoms with E-state index in [4.69, 9.17) is 5.11 Å². The van der Waals surface area contributed by atoms with Gasteiger partial charge in [-0.25, -0.2) is 13.2 Å². The van der Waals surface area contributed by atoms with E-state index >= 15 is 0 Å². The van der Waals surface area contributed by atoms with Crippen molar-refractivity contribution >= 4 is 33.3 Å². The molecule has 1 aromatic rings. The van der Waals surface area contributed by atoms with Gasteiger partial charge in [-0.1, -0.05) is 0 Å². The molecular formula is C11H13NO6S2. The summed E-state index contributed by atoms with van der Waals surface area (Å²) < 4.78 is 30.2. The third kappa shape index (κ3) is 2.56. The highest BCUT2D eigenvalue weighted by atomic mass is 32.2. The van der Waals surface area contributed by atoms with Crippen molar-refractivity contribution in [1.82, 2.24) is 4.31 Å². The Hall–Kier alpha value is -1.45. The van der Waals surface area contributed by atoms with Gasteiger partial charge in [-0.05, 0) is 18.9 Å². The first-order valence-corrected chi connectivity index (χ1v) is 8.11. The van der Waals surface area contributed by atoms with Crippen molar-refractivity contribution in [3.8, 4) is 0 Å². The van der Waals surface area contributed by atoms with E-state index in [1.807, 2.05) is 0 Å². The molecule has 0 amide bonds. The zero-order valence-corrected chi connectivity index (χ0v) is 12.2. The molecule has 0 radical (unpaired) electrons. The van der Waals surface area contributed by atoms with Crippen molar-refractivity contribution in [1.29, 1.82) is 0 Å². The number of methoxy groups -OCH3 is 1. The maximum Gasteiger partial charge on any atom is 0.338 e. The van der Waals surface area contributed by atoms with Crippen LogP contribution in [0.25, 0.3) is 0 Å². The molecule has 0 spiro atoms. The monoisotopic (exact) mass is 319 g/mol. The van der Waals surface area contributed by atoms with Gasteiger partial charge in [0.25, 0.3) is 10.0 Å². The summed E-state index contributed by atoms with van der Waals surface area (Å²) in [7, 11) is -2.69. The van der Waals surface area contributed by atoms with Crippen LogP contribution in [0.2, 0.25) is 0 Å². The Kier molecular flexibility index (Phi) is 4.11. The molecule has 2 rings (SSSR count). The second kappa shape index (κ2) is 5.51. The Morgan fingerprint density at radius 3 is 2.80 bits per heavy atom. The minimum absolute atomic E-state index is 0.0500. The highest BCUT2D eigenvalue weighted by molar-refractivity contribution is 7.91. The smallest absolute Gasteiger partial charge is 0.338 e. The van der Waals surface area contributed by atoms with Crippen LogP contribution in [0.15, 0.2) is 15.7 Å². The fourth-order valence-corrected chi connectivity index (χ4v) is 4.99. The van der Waals surface area contributed by atoms with Gasteiger partial charge in [-0.15, -0.1) is 11.3 Å². The second-order valence-corrected chi connectivity index (χ2v) is 7.29. The Labute approximate surface area is 119 Å². The molecule has 1 aliphatic heterocycles. The first-order valence-electron chi connectivity index (χ1n) is 5.79. The molecule has 0 aliphatic carbocycles. The minimum atomic E-state index is -3.89. The molecule has 0 bridgehead atoms. The molecule has 1 unspecified atom stereocenters. The topological polar surface area (TPSA) is 101 Å². The molecule has 0 aromatic carbocycles. The highest BCUT2D eigenvalue weighted by Gasteiger charge is 2.40. The SMILES string of the molecule is COC(=O)c1csc(S(=O)(=O)N2CCCC2C(=O)O)c1. The zero-order chi connectivity index (χ0) is 14.9. The molecule has 1 atom stereocenters. The van der Waals surface area contributed by atoms with Crippen LogP contribution >= 0.6 is 11.3 Å². The van der Waals surface area contributed by atoms with Gasteiger partial charge in [0, 0.05) is 11.9 Å². The number of sulfonamides is 1. The van der Waals surface area contributed by atoms with Gasteiger partial charge in [0.15, 0.2) is 0 Å². The number of carboxylic acids is 1. The summed E-state index contributed by atoms with van der Waals surface area (Å²) in [5.41, 5.74) is 0.141. The number of thiophene rings is 1. The van der Waals surface area contributed by atoms with Crippen molar-refractivity contribution in [2.24, 2.45) is 0 Å². The molecule has 1 N–H and O–H groups in total. The Balaban J connectivity index is 2.33. The Bertz CT molecular complexity index is 635. The number of hydrogen-bond donors (Lipinski definition) is 1. The Morgan fingerprint density at radius 2 is 2.20 bits per heavy atom. The van der Waals surface area contributed by atoms with E-state index in [0.717, 1.165) is 15.6 Å². The van der Waals surface area contributed by atoms with Crippen LogP contribution in [0.3, 0.4) is 0 Å². The third-order valence-electron chi connectivity index (χ3n) is 3.05. The summed E-state index contributed by atoms with van der Waals surface area (Å²) in [6.07, 6.45) is 0.801. The van der Waals surface area contributed by atoms with Crippen LogP contribution < -0.4 is 0 Å². The van der Waals surface area contributed by atoms with Crippen LogP contribution in [-0.4, -0.2) is 49.5 Å². The molecule has 20 heavy (non-hydrogen) atoms. The van der Waals surface area contributed by atoms with Gasteiger partial charge in [0.1, 0.15) is 10.3 Å². The lowest BCUT2D eigenvalue weighted by molar-refractivity contribution is -0.140. The number of carbonyl (C=O) groups excluding carboxylic acids is 1. The highest BCUT2D eigenvalue weighted by Crippen LogP contribution is 2.30. The fourth-order valence-electron chi connectivity index (χ4n) is 2.07. The number of rotatable bonds is 4. The van der Waals surface area contributed by atoms with E-state index in [-0.39, 0.29) is 16.3 Å². The first kappa shape index (κ1) is 14.9. The van der Waals surface area contributed by atoms with E-state index in [2.05, 4.69) is 4.74 Å². The molecular weight excluding hydrogens is 306 g/mol. The predicted octanol–water partition coefficient (Wildman–Crippen LogP) is 0.772. The van der Waals surface area contributed by atoms with E-state index < -0.39 is 28.0 Å². The van der Waals surface area contributed by atoms with Crippen molar-refractivity contribution in [3.05, 3.63) is 17.0 Å². The maximum absolute atomic E-state index is 12.4. The first-order chi connectivity index (χ1) is 9.37. The molecule has 7 nitrogen and oxygen atoms in total. The number of esters is 1. The van der Waals surface area contributed by atoms with Gasteiger partial charge < -0.3 is 9.84 Å². The lowest BCUT2D eigenvalue weighted by Gasteiger charge is -2.19. The van der Waals surface area contributed by atoms with E-state index in [1.54, 1.807) is 0 Å². The standard InChI is InChI=1S/C11H13NO6S2/c1-18-11(15)7-5-9(19-6-7)20(16,17)12-4-2-3-8(12)10(13)14/h5-6,8H,2-4H2,1H3,(H,13,14). The molecule has 2 heterocycles. The third-order valence-corrected chi connectivity index (χ3v) is 6.37. The molecule has 0 saturated carbocycles. The lowest BCUT2D eigenvalue weighted by atomic mass is 10.2. The summed E-state index contributed by atoms with van der Waals surface area (Å²) in [6.45, 7) is 0.171. The van der Waals surface area contributed by atoms with Crippen molar-refractivity contribution < 1.29 is 27.9 Å². The van der Waals surface area contributed by atoms with E-state index in [1.165, 1.54) is 18.6 Å². The van der Waals surface area contributed by atoms with Crippen LogP contribution in [0.1, 0.15) is 23.2 Å². The summed E-state index contributed by atoms with van der Waals surface area (Å²) in [5.74, 6) is -1.78. The van der Waals surface area contributed by atoms with E-state index in [0.29, 0.717) is 12.8 Å². The number of ether oxygens (including phenoxy) is 1. The van der Waals surface area contributed by atoms with Gasteiger partial charge in [0.05, 0.1) is 12.7 Å². The molecule has 1 saturated heterocycles. The van der Waals surface area contributed by atoms with Crippen molar-refractivity contribution in [3.63, 3.8) is 0 Å². The average Bonchev–Trinajstić information content (AvgIpc) is 3.06. The summed E-state index contributed by atoms with van der Waals surface area (Å²) in [4.78, 5) is 22.4. The number of hydrogen-bond acceptors (Lipinski definition) is 6. The van der Waals surface area contributed by atoms with Crippen LogP contribution in [0.4, 0.5) is 0 Å². The maximum atomic E-state index is 12.4. The van der Waals surface area contributed by atoms with Crippen molar-refractivity contribution in [2.45, 2.75) is 23.1 Å². The molecule has 1 aromatic heterocycles. The van der Waals surface area contributed by atoms with Gasteiger partial charge in [-0.3, -0.25) is 4.79 Å². The largest absolute Gasteiger partial charge is 0.480 e. The predicted molar refractivity (Wildman–Crippen MR) is 70.2 cm³/mol.